The van der Waals surface area contributed by atoms with Crippen molar-refractivity contribution >= 4 is 0 Å². The monoisotopic (exact) mass is 682 g/mol. The van der Waals surface area contributed by atoms with Crippen LogP contribution in [0.2, 0.25) is 0 Å². The summed E-state index contributed by atoms with van der Waals surface area (Å²) < 4.78 is 68.7. The lowest BCUT2D eigenvalue weighted by molar-refractivity contribution is -0.370. The molecule has 0 aliphatic carbocycles. The van der Waals surface area contributed by atoms with Crippen LogP contribution in [-0.4, -0.2) is 110 Å². The van der Waals surface area contributed by atoms with Crippen molar-refractivity contribution in [1.29, 1.82) is 0 Å². The Hall–Kier alpha value is -2.78. The van der Waals surface area contributed by atoms with Crippen molar-refractivity contribution in [2.75, 3.05) is 48.8 Å². The first kappa shape index (κ1) is 37.5. The van der Waals surface area contributed by atoms with Crippen LogP contribution in [0.3, 0.4) is 0 Å². The van der Waals surface area contributed by atoms with E-state index >= 15 is 0 Å². The van der Waals surface area contributed by atoms with Crippen LogP contribution < -0.4 is 0 Å². The molecule has 3 aromatic rings. The maximum Gasteiger partial charge on any atom is 0.187 e. The van der Waals surface area contributed by atoms with Crippen LogP contribution in [0.5, 0.6) is 0 Å². The largest absolute Gasteiger partial charge is 0.382 e. The smallest absolute Gasteiger partial charge is 0.187 e. The number of hydrogen-bond acceptors (Lipinski definition) is 11. The van der Waals surface area contributed by atoms with Crippen molar-refractivity contribution in [3.63, 3.8) is 0 Å². The van der Waals surface area contributed by atoms with Crippen LogP contribution in [0.25, 0.3) is 0 Å². The highest BCUT2D eigenvalue weighted by Crippen LogP contribution is 2.35. The number of benzene rings is 3. The van der Waals surface area contributed by atoms with Gasteiger partial charge >= 0.3 is 0 Å². The Bertz CT molecular complexity index is 1320. The molecule has 0 N–H and O–H groups in total. The second-order valence-corrected chi connectivity index (χ2v) is 12.0. The molecule has 49 heavy (non-hydrogen) atoms. The molecule has 2 saturated heterocycles. The number of ether oxygens (including phenoxy) is 11. The molecule has 11 heteroatoms. The normalized spacial score (nSPS) is 30.3. The fourth-order valence-electron chi connectivity index (χ4n) is 6.38. The molecule has 5 rings (SSSR count). The number of hydrogen-bond donors (Lipinski definition) is 0. The predicted octanol–water partition coefficient (Wildman–Crippen LogP) is 4.55. The fraction of sp³-hybridized carbons (Fsp3) is 0.526. The lowest BCUT2D eigenvalue weighted by atomic mass is 9.96. The molecule has 10 atom stereocenters. The molecule has 0 unspecified atom stereocenters. The van der Waals surface area contributed by atoms with Crippen LogP contribution in [-0.2, 0) is 71.9 Å². The van der Waals surface area contributed by atoms with Gasteiger partial charge < -0.3 is 52.1 Å². The summed E-state index contributed by atoms with van der Waals surface area (Å²) in [5, 5.41) is 0. The second-order valence-electron chi connectivity index (χ2n) is 12.0. The average molecular weight is 683 g/mol. The van der Waals surface area contributed by atoms with E-state index < -0.39 is 61.4 Å². The SMILES string of the molecule is COC[C@H]1O[C@H](O[C@H]2[C@H](OCc3ccccc3)[C@@H](OCc3ccccc3)[C@@H](OC)O[C@@H]2COCc2ccccc2)[C@H](OC)[C@@H](OC)[C@H]1OC. The molecular weight excluding hydrogens is 632 g/mol. The van der Waals surface area contributed by atoms with Gasteiger partial charge in [-0.3, -0.25) is 0 Å². The highest BCUT2D eigenvalue weighted by molar-refractivity contribution is 5.15. The van der Waals surface area contributed by atoms with E-state index in [1.54, 1.807) is 35.5 Å². The van der Waals surface area contributed by atoms with E-state index in [9.17, 15) is 0 Å². The van der Waals surface area contributed by atoms with Crippen LogP contribution in [0.1, 0.15) is 16.7 Å². The molecule has 0 amide bonds. The summed E-state index contributed by atoms with van der Waals surface area (Å²) in [6.07, 6.45) is -6.62. The van der Waals surface area contributed by atoms with E-state index in [4.69, 9.17) is 52.1 Å². The van der Waals surface area contributed by atoms with Crippen molar-refractivity contribution in [2.45, 2.75) is 81.2 Å². The molecule has 3 aromatic carbocycles. The lowest BCUT2D eigenvalue weighted by Gasteiger charge is -2.49. The highest BCUT2D eigenvalue weighted by atomic mass is 16.8. The van der Waals surface area contributed by atoms with Crippen molar-refractivity contribution < 1.29 is 52.1 Å². The number of rotatable bonds is 18. The minimum Gasteiger partial charge on any atom is -0.382 e. The summed E-state index contributed by atoms with van der Waals surface area (Å²) in [6, 6.07) is 29.8. The van der Waals surface area contributed by atoms with Crippen molar-refractivity contribution in [2.24, 2.45) is 0 Å². The van der Waals surface area contributed by atoms with Gasteiger partial charge in [0.1, 0.15) is 48.8 Å². The minimum atomic E-state index is -0.914. The van der Waals surface area contributed by atoms with Gasteiger partial charge in [-0.1, -0.05) is 91.0 Å². The summed E-state index contributed by atoms with van der Waals surface area (Å²) in [5.74, 6) is 0. The van der Waals surface area contributed by atoms with Crippen molar-refractivity contribution in [3.05, 3.63) is 108 Å². The molecule has 11 nitrogen and oxygen atoms in total. The molecule has 0 aromatic heterocycles. The Labute approximate surface area is 289 Å². The molecule has 2 aliphatic rings. The van der Waals surface area contributed by atoms with Gasteiger partial charge in [-0.2, -0.15) is 0 Å². The summed E-state index contributed by atoms with van der Waals surface area (Å²) in [7, 11) is 8.02. The predicted molar refractivity (Wildman–Crippen MR) is 180 cm³/mol. The first-order valence-electron chi connectivity index (χ1n) is 16.6. The minimum absolute atomic E-state index is 0.177. The van der Waals surface area contributed by atoms with E-state index in [2.05, 4.69) is 0 Å². The molecule has 2 aliphatic heterocycles. The van der Waals surface area contributed by atoms with Crippen LogP contribution in [0.4, 0.5) is 0 Å². The molecule has 0 spiro atoms. The maximum absolute atomic E-state index is 6.92. The van der Waals surface area contributed by atoms with E-state index in [0.717, 1.165) is 16.7 Å². The van der Waals surface area contributed by atoms with Gasteiger partial charge in [0.2, 0.25) is 0 Å². The second kappa shape index (κ2) is 19.6. The zero-order chi connectivity index (χ0) is 34.4. The zero-order valence-corrected chi connectivity index (χ0v) is 29.0. The van der Waals surface area contributed by atoms with Gasteiger partial charge in [-0.15, -0.1) is 0 Å². The molecular formula is C38H50O11. The summed E-state index contributed by atoms with van der Waals surface area (Å²) in [6.45, 7) is 1.41. The first-order chi connectivity index (χ1) is 24.1. The van der Waals surface area contributed by atoms with Gasteiger partial charge in [-0.05, 0) is 16.7 Å². The topological polar surface area (TPSA) is 102 Å². The Kier molecular flexibility index (Phi) is 15.0. The third-order valence-electron chi connectivity index (χ3n) is 8.82. The van der Waals surface area contributed by atoms with E-state index in [1.165, 1.54) is 0 Å². The Morgan fingerprint density at radius 1 is 0.449 bits per heavy atom. The van der Waals surface area contributed by atoms with Crippen molar-refractivity contribution in [3.8, 4) is 0 Å². The molecule has 2 heterocycles. The third-order valence-corrected chi connectivity index (χ3v) is 8.82. The summed E-state index contributed by atoms with van der Waals surface area (Å²) in [4.78, 5) is 0. The van der Waals surface area contributed by atoms with Gasteiger partial charge in [0.15, 0.2) is 12.6 Å². The van der Waals surface area contributed by atoms with Crippen LogP contribution >= 0.6 is 0 Å². The molecule has 268 valence electrons. The summed E-state index contributed by atoms with van der Waals surface area (Å²) >= 11 is 0. The number of methoxy groups -OCH3 is 5. The fourth-order valence-corrected chi connectivity index (χ4v) is 6.38. The average Bonchev–Trinajstić information content (AvgIpc) is 3.15. The maximum atomic E-state index is 6.92. The standard InChI is InChI=1S/C38H50O11/c1-39-24-29-31(40-2)33(41-3)35(42-4)38(48-29)49-32-30(25-44-21-26-15-9-6-10-16-26)47-37(43-5)36(46-23-28-19-13-8-14-20-28)34(32)45-22-27-17-11-7-12-18-27/h6-20,29-38H,21-25H2,1-5H3/t29-,30-,31+,32-,33+,34+,35-,36-,37+,38-/m1/s1. The van der Waals surface area contributed by atoms with E-state index in [0.29, 0.717) is 19.8 Å². The zero-order valence-electron chi connectivity index (χ0n) is 29.0. The molecule has 2 fully saturated rings. The Morgan fingerprint density at radius 2 is 0.939 bits per heavy atom. The Balaban J connectivity index is 1.48. The third kappa shape index (κ3) is 9.93. The van der Waals surface area contributed by atoms with Crippen LogP contribution in [0.15, 0.2) is 91.0 Å². The first-order valence-corrected chi connectivity index (χ1v) is 16.6. The van der Waals surface area contributed by atoms with Gasteiger partial charge in [0.05, 0.1) is 33.0 Å². The summed E-state index contributed by atoms with van der Waals surface area (Å²) in [5.41, 5.74) is 3.02. The van der Waals surface area contributed by atoms with Crippen LogP contribution in [0, 0.1) is 0 Å². The lowest BCUT2D eigenvalue weighted by Crippen LogP contribution is -2.66. The van der Waals surface area contributed by atoms with Gasteiger partial charge in [0.25, 0.3) is 0 Å². The molecule has 0 bridgehead atoms. The van der Waals surface area contributed by atoms with Crippen molar-refractivity contribution in [1.82, 2.24) is 0 Å². The van der Waals surface area contributed by atoms with Gasteiger partial charge in [-0.25, -0.2) is 0 Å². The molecule has 0 saturated carbocycles. The quantitative estimate of drug-likeness (QED) is 0.189. The van der Waals surface area contributed by atoms with E-state index in [1.807, 2.05) is 91.0 Å². The highest BCUT2D eigenvalue weighted by Gasteiger charge is 2.53. The van der Waals surface area contributed by atoms with E-state index in [-0.39, 0.29) is 13.2 Å². The van der Waals surface area contributed by atoms with Gasteiger partial charge in [0, 0.05) is 35.5 Å². The Morgan fingerprint density at radius 3 is 1.45 bits per heavy atom. The molecule has 0 radical (unpaired) electrons.